The topological polar surface area (TPSA) is 67.9 Å². The SMILES string of the molecule is CCNC(=O)N(CCOc1ccc(CCC(=O)OC)cc1-c1ccc2ccccc2c1)c1ccccc1. The van der Waals surface area contributed by atoms with Crippen molar-refractivity contribution in [2.75, 3.05) is 31.7 Å². The van der Waals surface area contributed by atoms with Gasteiger partial charge in [0, 0.05) is 24.2 Å². The van der Waals surface area contributed by atoms with Gasteiger partial charge in [-0.15, -0.1) is 0 Å². The molecular formula is C31H32N2O4. The van der Waals surface area contributed by atoms with Crippen molar-refractivity contribution in [3.63, 3.8) is 0 Å². The summed E-state index contributed by atoms with van der Waals surface area (Å²) >= 11 is 0. The summed E-state index contributed by atoms with van der Waals surface area (Å²) in [7, 11) is 1.40. The summed E-state index contributed by atoms with van der Waals surface area (Å²) in [5.74, 6) is 0.486. The maximum absolute atomic E-state index is 12.7. The highest BCUT2D eigenvalue weighted by Crippen LogP contribution is 2.33. The van der Waals surface area contributed by atoms with Crippen molar-refractivity contribution in [2.45, 2.75) is 19.8 Å². The molecular weight excluding hydrogens is 464 g/mol. The minimum Gasteiger partial charge on any atom is -0.491 e. The molecule has 0 radical (unpaired) electrons. The molecule has 0 aromatic heterocycles. The van der Waals surface area contributed by atoms with E-state index in [2.05, 4.69) is 41.7 Å². The van der Waals surface area contributed by atoms with E-state index in [1.165, 1.54) is 7.11 Å². The number of hydrogen-bond donors (Lipinski definition) is 1. The van der Waals surface area contributed by atoms with Gasteiger partial charge in [-0.05, 0) is 65.6 Å². The van der Waals surface area contributed by atoms with E-state index < -0.39 is 0 Å². The predicted molar refractivity (Wildman–Crippen MR) is 148 cm³/mol. The molecule has 4 rings (SSSR count). The van der Waals surface area contributed by atoms with Gasteiger partial charge in [-0.1, -0.05) is 60.7 Å². The third-order valence-corrected chi connectivity index (χ3v) is 6.16. The number of methoxy groups -OCH3 is 1. The molecule has 37 heavy (non-hydrogen) atoms. The first-order valence-corrected chi connectivity index (χ1v) is 12.5. The van der Waals surface area contributed by atoms with Crippen molar-refractivity contribution < 1.29 is 19.1 Å². The number of anilines is 1. The Labute approximate surface area is 217 Å². The zero-order valence-corrected chi connectivity index (χ0v) is 21.3. The number of nitrogens with one attached hydrogen (secondary N) is 1. The molecule has 6 nitrogen and oxygen atoms in total. The van der Waals surface area contributed by atoms with Gasteiger partial charge in [0.1, 0.15) is 12.4 Å². The van der Waals surface area contributed by atoms with Gasteiger partial charge in [0.15, 0.2) is 0 Å². The number of hydrogen-bond acceptors (Lipinski definition) is 4. The summed E-state index contributed by atoms with van der Waals surface area (Å²) in [6.45, 7) is 3.14. The number of para-hydroxylation sites is 1. The molecule has 0 atom stereocenters. The smallest absolute Gasteiger partial charge is 0.321 e. The first-order valence-electron chi connectivity index (χ1n) is 12.5. The van der Waals surface area contributed by atoms with Crippen LogP contribution in [-0.2, 0) is 16.0 Å². The van der Waals surface area contributed by atoms with Gasteiger partial charge in [-0.2, -0.15) is 0 Å². The molecule has 0 aliphatic carbocycles. The van der Waals surface area contributed by atoms with Crippen molar-refractivity contribution in [3.8, 4) is 16.9 Å². The van der Waals surface area contributed by atoms with Crippen LogP contribution in [0.2, 0.25) is 0 Å². The lowest BCUT2D eigenvalue weighted by Gasteiger charge is -2.23. The molecule has 0 saturated heterocycles. The summed E-state index contributed by atoms with van der Waals surface area (Å²) in [4.78, 5) is 26.1. The van der Waals surface area contributed by atoms with Crippen LogP contribution in [0.15, 0.2) is 91.0 Å². The highest BCUT2D eigenvalue weighted by Gasteiger charge is 2.16. The second kappa shape index (κ2) is 12.6. The lowest BCUT2D eigenvalue weighted by molar-refractivity contribution is -0.140. The lowest BCUT2D eigenvalue weighted by atomic mass is 9.97. The Morgan fingerprint density at radius 1 is 0.865 bits per heavy atom. The number of carbonyl (C=O) groups is 2. The fraction of sp³-hybridized carbons (Fsp3) is 0.226. The number of fused-ring (bicyclic) bond motifs is 1. The molecule has 2 amide bonds. The quantitative estimate of drug-likeness (QED) is 0.264. The summed E-state index contributed by atoms with van der Waals surface area (Å²) < 4.78 is 11.1. The van der Waals surface area contributed by atoms with Crippen LogP contribution in [0, 0.1) is 0 Å². The second-order valence-electron chi connectivity index (χ2n) is 8.64. The molecule has 0 saturated carbocycles. The Balaban J connectivity index is 1.59. The number of nitrogens with zero attached hydrogens (tertiary/aromatic N) is 1. The van der Waals surface area contributed by atoms with Crippen molar-refractivity contribution in [1.82, 2.24) is 5.32 Å². The Kier molecular flexibility index (Phi) is 8.76. The van der Waals surface area contributed by atoms with Gasteiger partial charge in [-0.3, -0.25) is 9.69 Å². The van der Waals surface area contributed by atoms with Crippen LogP contribution in [0.25, 0.3) is 21.9 Å². The third kappa shape index (κ3) is 6.67. The number of benzene rings is 4. The van der Waals surface area contributed by atoms with E-state index in [0.29, 0.717) is 32.5 Å². The third-order valence-electron chi connectivity index (χ3n) is 6.16. The number of amides is 2. The number of esters is 1. The summed E-state index contributed by atoms with van der Waals surface area (Å²) in [6.07, 6.45) is 0.888. The van der Waals surface area contributed by atoms with E-state index in [1.54, 1.807) is 4.90 Å². The summed E-state index contributed by atoms with van der Waals surface area (Å²) in [6, 6.07) is 29.9. The minimum atomic E-state index is -0.237. The fourth-order valence-corrected chi connectivity index (χ4v) is 4.24. The van der Waals surface area contributed by atoms with E-state index in [9.17, 15) is 9.59 Å². The zero-order valence-electron chi connectivity index (χ0n) is 21.3. The van der Waals surface area contributed by atoms with Crippen LogP contribution in [0.5, 0.6) is 5.75 Å². The largest absolute Gasteiger partial charge is 0.491 e. The number of aryl methyl sites for hydroxylation is 1. The van der Waals surface area contributed by atoms with E-state index >= 15 is 0 Å². The van der Waals surface area contributed by atoms with Crippen molar-refractivity contribution in [3.05, 3.63) is 96.6 Å². The van der Waals surface area contributed by atoms with Gasteiger partial charge < -0.3 is 14.8 Å². The highest BCUT2D eigenvalue weighted by molar-refractivity contribution is 5.92. The number of carbonyl (C=O) groups excluding carboxylic acids is 2. The molecule has 0 aliphatic heterocycles. The molecule has 0 bridgehead atoms. The molecule has 4 aromatic rings. The van der Waals surface area contributed by atoms with Crippen LogP contribution >= 0.6 is 0 Å². The van der Waals surface area contributed by atoms with Crippen molar-refractivity contribution >= 4 is 28.5 Å². The van der Waals surface area contributed by atoms with E-state index in [4.69, 9.17) is 9.47 Å². The Hall–Kier alpha value is -4.32. The van der Waals surface area contributed by atoms with Gasteiger partial charge >= 0.3 is 12.0 Å². The number of urea groups is 1. The molecule has 0 unspecified atom stereocenters. The molecule has 190 valence electrons. The minimum absolute atomic E-state index is 0.162. The second-order valence-corrected chi connectivity index (χ2v) is 8.64. The van der Waals surface area contributed by atoms with Crippen molar-refractivity contribution in [1.29, 1.82) is 0 Å². The fourth-order valence-electron chi connectivity index (χ4n) is 4.24. The van der Waals surface area contributed by atoms with Crippen LogP contribution in [0.3, 0.4) is 0 Å². The molecule has 0 aliphatic rings. The van der Waals surface area contributed by atoms with E-state index in [0.717, 1.165) is 38.9 Å². The maximum atomic E-state index is 12.7. The van der Waals surface area contributed by atoms with Crippen LogP contribution in [0.4, 0.5) is 10.5 Å². The van der Waals surface area contributed by atoms with Crippen molar-refractivity contribution in [2.24, 2.45) is 0 Å². The molecule has 0 heterocycles. The number of ether oxygens (including phenoxy) is 2. The van der Waals surface area contributed by atoms with E-state index in [-0.39, 0.29) is 12.0 Å². The molecule has 1 N–H and O–H groups in total. The standard InChI is InChI=1S/C31H32N2O4/c1-3-32-31(35)33(27-11-5-4-6-12-27)19-20-37-29-17-13-23(14-18-30(34)36-2)21-28(29)26-16-15-24-9-7-8-10-25(24)22-26/h4-13,15-17,21-22H,3,14,18-20H2,1-2H3,(H,32,35). The van der Waals surface area contributed by atoms with Crippen LogP contribution in [0.1, 0.15) is 18.9 Å². The van der Waals surface area contributed by atoms with Crippen LogP contribution in [-0.4, -0.2) is 38.8 Å². The average molecular weight is 497 g/mol. The summed E-state index contributed by atoms with van der Waals surface area (Å²) in [5.41, 5.74) is 3.80. The van der Waals surface area contributed by atoms with E-state index in [1.807, 2.05) is 61.5 Å². The zero-order chi connectivity index (χ0) is 26.0. The predicted octanol–water partition coefficient (Wildman–Crippen LogP) is 6.23. The van der Waals surface area contributed by atoms with Gasteiger partial charge in [0.05, 0.1) is 13.7 Å². The monoisotopic (exact) mass is 496 g/mol. The molecule has 0 spiro atoms. The highest BCUT2D eigenvalue weighted by atomic mass is 16.5. The normalized spacial score (nSPS) is 10.6. The molecule has 0 fully saturated rings. The first kappa shape index (κ1) is 25.8. The van der Waals surface area contributed by atoms with Crippen LogP contribution < -0.4 is 15.0 Å². The molecule has 6 heteroatoms. The Bertz CT molecular complexity index is 1350. The van der Waals surface area contributed by atoms with Gasteiger partial charge in [0.25, 0.3) is 0 Å². The Morgan fingerprint density at radius 3 is 2.38 bits per heavy atom. The lowest BCUT2D eigenvalue weighted by Crippen LogP contribution is -2.42. The Morgan fingerprint density at radius 2 is 1.62 bits per heavy atom. The summed E-state index contributed by atoms with van der Waals surface area (Å²) in [5, 5.41) is 5.18. The van der Waals surface area contributed by atoms with Gasteiger partial charge in [-0.25, -0.2) is 4.79 Å². The first-order chi connectivity index (χ1) is 18.1. The molecule has 4 aromatic carbocycles. The van der Waals surface area contributed by atoms with Gasteiger partial charge in [0.2, 0.25) is 0 Å². The average Bonchev–Trinajstić information content (AvgIpc) is 2.94. The maximum Gasteiger partial charge on any atom is 0.321 e. The number of rotatable bonds is 10.